The van der Waals surface area contributed by atoms with Gasteiger partial charge in [-0.25, -0.2) is 4.98 Å². The lowest BCUT2D eigenvalue weighted by Gasteiger charge is -2.26. The molecule has 2 aromatic carbocycles. The number of aryl methyl sites for hydroxylation is 1. The number of fused-ring (bicyclic) bond motifs is 1. The lowest BCUT2D eigenvalue weighted by Crippen LogP contribution is -2.38. The van der Waals surface area contributed by atoms with E-state index in [1.54, 1.807) is 12.1 Å². The number of amides is 1. The summed E-state index contributed by atoms with van der Waals surface area (Å²) in [5.41, 5.74) is 3.17. The summed E-state index contributed by atoms with van der Waals surface area (Å²) in [6.45, 7) is 3.29. The third kappa shape index (κ3) is 4.24. The fourth-order valence-corrected chi connectivity index (χ4v) is 5.04. The van der Waals surface area contributed by atoms with Crippen molar-refractivity contribution >= 4 is 40.2 Å². The van der Waals surface area contributed by atoms with E-state index in [1.807, 2.05) is 88.8 Å². The van der Waals surface area contributed by atoms with E-state index < -0.39 is 0 Å². The van der Waals surface area contributed by atoms with Crippen molar-refractivity contribution in [2.75, 3.05) is 29.9 Å². The highest BCUT2D eigenvalue weighted by Crippen LogP contribution is 2.26. The molecule has 6 nitrogen and oxygen atoms in total. The van der Waals surface area contributed by atoms with Gasteiger partial charge in [0.25, 0.3) is 5.91 Å². The van der Waals surface area contributed by atoms with Crippen molar-refractivity contribution < 1.29 is 4.79 Å². The predicted octanol–water partition coefficient (Wildman–Crippen LogP) is 4.63. The molecule has 1 N–H and O–H groups in total. The Balaban J connectivity index is 1.74. The van der Waals surface area contributed by atoms with Crippen LogP contribution in [0.15, 0.2) is 77.6 Å². The Kier molecular flexibility index (Phi) is 5.88. The number of para-hydroxylation sites is 2. The van der Waals surface area contributed by atoms with E-state index in [1.165, 1.54) is 0 Å². The van der Waals surface area contributed by atoms with E-state index in [0.29, 0.717) is 35.6 Å². The van der Waals surface area contributed by atoms with E-state index in [9.17, 15) is 9.59 Å². The summed E-state index contributed by atoms with van der Waals surface area (Å²) in [4.78, 5) is 33.1. The quantitative estimate of drug-likeness (QED) is 0.485. The van der Waals surface area contributed by atoms with Crippen LogP contribution in [0.2, 0.25) is 0 Å². The molecular weight excluding hydrogens is 432 g/mol. The first-order valence-corrected chi connectivity index (χ1v) is 12.1. The monoisotopic (exact) mass is 456 g/mol. The number of hydrogen-bond donors (Lipinski definition) is 1. The molecular formula is C26H24N4O2S. The van der Waals surface area contributed by atoms with Crippen LogP contribution in [-0.4, -0.2) is 45.0 Å². The van der Waals surface area contributed by atoms with Crippen LogP contribution in [0.5, 0.6) is 0 Å². The molecule has 7 heteroatoms. The maximum absolute atomic E-state index is 13.3. The molecule has 0 unspecified atom stereocenters. The van der Waals surface area contributed by atoms with Crippen molar-refractivity contribution in [2.24, 2.45) is 0 Å². The van der Waals surface area contributed by atoms with Gasteiger partial charge in [0.1, 0.15) is 11.5 Å². The van der Waals surface area contributed by atoms with Crippen LogP contribution in [0.1, 0.15) is 16.1 Å². The molecule has 0 aliphatic carbocycles. The molecule has 1 saturated heterocycles. The maximum atomic E-state index is 13.3. The number of carbonyl (C=O) groups excluding carboxylic acids is 1. The molecule has 33 heavy (non-hydrogen) atoms. The Hall–Kier alpha value is -3.58. The van der Waals surface area contributed by atoms with Gasteiger partial charge in [0.15, 0.2) is 11.1 Å². The fourth-order valence-electron chi connectivity index (χ4n) is 4.13. The molecule has 0 atom stereocenters. The molecule has 1 aliphatic heterocycles. The maximum Gasteiger partial charge on any atom is 0.272 e. The number of hydrogen-bond acceptors (Lipinski definition) is 5. The number of nitrogens with zero attached hydrogens (tertiary/aromatic N) is 3. The Bertz CT molecular complexity index is 1360. The minimum absolute atomic E-state index is 0.0891. The highest BCUT2D eigenvalue weighted by atomic mass is 32.2. The van der Waals surface area contributed by atoms with Gasteiger partial charge >= 0.3 is 0 Å². The summed E-state index contributed by atoms with van der Waals surface area (Å²) >= 11 is 1.85. The van der Waals surface area contributed by atoms with Crippen molar-refractivity contribution in [2.45, 2.75) is 6.92 Å². The van der Waals surface area contributed by atoms with Crippen molar-refractivity contribution in [1.82, 2.24) is 14.5 Å². The largest absolute Gasteiger partial charge is 0.341 e. The summed E-state index contributed by atoms with van der Waals surface area (Å²) in [7, 11) is 0. The fraction of sp³-hybridized carbons (Fsp3) is 0.192. The zero-order valence-corrected chi connectivity index (χ0v) is 19.1. The van der Waals surface area contributed by atoms with Gasteiger partial charge in [0.05, 0.1) is 5.39 Å². The second-order valence-electron chi connectivity index (χ2n) is 7.98. The normalized spacial score (nSPS) is 13.8. The van der Waals surface area contributed by atoms with Gasteiger partial charge in [-0.1, -0.05) is 36.4 Å². The van der Waals surface area contributed by atoms with E-state index in [0.717, 1.165) is 28.4 Å². The van der Waals surface area contributed by atoms with Gasteiger partial charge in [-0.3, -0.25) is 14.2 Å². The molecule has 3 heterocycles. The molecule has 2 aromatic heterocycles. The Morgan fingerprint density at radius 1 is 0.970 bits per heavy atom. The topological polar surface area (TPSA) is 67.2 Å². The molecule has 5 rings (SSSR count). The Labute approximate surface area is 196 Å². The molecule has 4 aromatic rings. The third-order valence-electron chi connectivity index (χ3n) is 5.74. The number of anilines is 2. The molecule has 0 spiro atoms. The summed E-state index contributed by atoms with van der Waals surface area (Å²) in [6.07, 6.45) is 0. The van der Waals surface area contributed by atoms with Gasteiger partial charge in [-0.2, -0.15) is 11.8 Å². The predicted molar refractivity (Wildman–Crippen MR) is 135 cm³/mol. The zero-order chi connectivity index (χ0) is 22.8. The first-order valence-electron chi connectivity index (χ1n) is 10.9. The lowest BCUT2D eigenvalue weighted by molar-refractivity contribution is 0.0766. The zero-order valence-electron chi connectivity index (χ0n) is 18.3. The van der Waals surface area contributed by atoms with Gasteiger partial charge < -0.3 is 10.2 Å². The van der Waals surface area contributed by atoms with Crippen LogP contribution < -0.4 is 10.7 Å². The summed E-state index contributed by atoms with van der Waals surface area (Å²) in [5, 5.41) is 3.88. The average molecular weight is 457 g/mol. The molecule has 0 bridgehead atoms. The van der Waals surface area contributed by atoms with Crippen molar-refractivity contribution in [3.63, 3.8) is 0 Å². The van der Waals surface area contributed by atoms with Crippen molar-refractivity contribution in [1.29, 1.82) is 0 Å². The Morgan fingerprint density at radius 3 is 2.33 bits per heavy atom. The van der Waals surface area contributed by atoms with Gasteiger partial charge in [-0.05, 0) is 42.8 Å². The standard InChI is InChI=1S/C26H24N4O2S/c1-18-16-21(26(32)29-12-14-33-15-13-29)28-25-24(18)22(31)17-23(27-19-8-4-2-5-9-19)30(25)20-10-6-3-7-11-20/h2-11,16-17,27H,12-15H2,1H3. The Morgan fingerprint density at radius 2 is 1.64 bits per heavy atom. The SMILES string of the molecule is Cc1cc(C(=O)N2CCSCC2)nc2c1c(=O)cc(Nc1ccccc1)n2-c1ccccc1. The van der Waals surface area contributed by atoms with E-state index in [2.05, 4.69) is 5.32 Å². The molecule has 0 radical (unpaired) electrons. The first-order chi connectivity index (χ1) is 16.1. The molecule has 1 fully saturated rings. The molecule has 1 amide bonds. The minimum atomic E-state index is -0.131. The molecule has 1 aliphatic rings. The van der Waals surface area contributed by atoms with E-state index in [4.69, 9.17) is 4.98 Å². The van der Waals surface area contributed by atoms with Crippen LogP contribution in [0.25, 0.3) is 16.7 Å². The highest BCUT2D eigenvalue weighted by Gasteiger charge is 2.23. The number of nitrogens with one attached hydrogen (secondary N) is 1. The molecule has 0 saturated carbocycles. The number of pyridine rings is 2. The van der Waals surface area contributed by atoms with Crippen LogP contribution in [0.4, 0.5) is 11.5 Å². The minimum Gasteiger partial charge on any atom is -0.341 e. The smallest absolute Gasteiger partial charge is 0.272 e. The summed E-state index contributed by atoms with van der Waals surface area (Å²) in [5.74, 6) is 2.36. The first kappa shape index (κ1) is 21.3. The second-order valence-corrected chi connectivity index (χ2v) is 9.21. The van der Waals surface area contributed by atoms with Crippen LogP contribution in [0.3, 0.4) is 0 Å². The van der Waals surface area contributed by atoms with Crippen molar-refractivity contribution in [3.05, 3.63) is 94.3 Å². The van der Waals surface area contributed by atoms with Crippen molar-refractivity contribution in [3.8, 4) is 5.69 Å². The summed E-state index contributed by atoms with van der Waals surface area (Å²) in [6, 6.07) is 22.8. The van der Waals surface area contributed by atoms with Gasteiger partial charge in [0, 0.05) is 42.0 Å². The van der Waals surface area contributed by atoms with Crippen LogP contribution in [0, 0.1) is 6.92 Å². The number of benzene rings is 2. The van der Waals surface area contributed by atoms with E-state index >= 15 is 0 Å². The van der Waals surface area contributed by atoms with E-state index in [-0.39, 0.29) is 11.3 Å². The van der Waals surface area contributed by atoms with Crippen LogP contribution in [-0.2, 0) is 0 Å². The average Bonchev–Trinajstić information content (AvgIpc) is 2.85. The van der Waals surface area contributed by atoms with Gasteiger partial charge in [0.2, 0.25) is 0 Å². The number of aromatic nitrogens is 2. The third-order valence-corrected chi connectivity index (χ3v) is 6.68. The number of rotatable bonds is 4. The molecule has 166 valence electrons. The number of thioether (sulfide) groups is 1. The lowest BCUT2D eigenvalue weighted by atomic mass is 10.1. The van der Waals surface area contributed by atoms with Crippen LogP contribution >= 0.6 is 11.8 Å². The second kappa shape index (κ2) is 9.11. The summed E-state index contributed by atoms with van der Waals surface area (Å²) < 4.78 is 1.92. The highest BCUT2D eigenvalue weighted by molar-refractivity contribution is 7.99. The van der Waals surface area contributed by atoms with Gasteiger partial charge in [-0.15, -0.1) is 0 Å². The number of carbonyl (C=O) groups is 1.